The summed E-state index contributed by atoms with van der Waals surface area (Å²) in [5.74, 6) is 0.261. The van der Waals surface area contributed by atoms with E-state index in [0.29, 0.717) is 18.4 Å². The normalized spacial score (nSPS) is 24.4. The number of hydrogen-bond acceptors (Lipinski definition) is 5. The van der Waals surface area contributed by atoms with Crippen molar-refractivity contribution in [3.63, 3.8) is 0 Å². The molecule has 0 amide bonds. The molecule has 5 heteroatoms. The van der Waals surface area contributed by atoms with E-state index in [2.05, 4.69) is 17.1 Å². The van der Waals surface area contributed by atoms with Crippen molar-refractivity contribution in [1.29, 1.82) is 0 Å². The number of carbonyl (C=O) groups is 1. The van der Waals surface area contributed by atoms with E-state index in [-0.39, 0.29) is 12.6 Å². The van der Waals surface area contributed by atoms with Crippen LogP contribution >= 0.6 is 0 Å². The van der Waals surface area contributed by atoms with Gasteiger partial charge >= 0.3 is 5.97 Å². The second kappa shape index (κ2) is 9.28. The van der Waals surface area contributed by atoms with Crippen LogP contribution < -0.4 is 5.32 Å². The first-order chi connectivity index (χ1) is 9.19. The van der Waals surface area contributed by atoms with Crippen molar-refractivity contribution >= 4 is 5.97 Å². The topological polar surface area (TPSA) is 61.8 Å². The van der Waals surface area contributed by atoms with E-state index in [1.807, 2.05) is 0 Å². The van der Waals surface area contributed by atoms with Gasteiger partial charge in [-0.3, -0.25) is 4.79 Å². The monoisotopic (exact) mass is 272 g/mol. The first kappa shape index (κ1) is 16.4. The summed E-state index contributed by atoms with van der Waals surface area (Å²) < 4.78 is 4.77. The Morgan fingerprint density at radius 1 is 1.47 bits per heavy atom. The molecule has 1 aliphatic rings. The molecule has 0 radical (unpaired) electrons. The fourth-order valence-electron chi connectivity index (χ4n) is 2.80. The highest BCUT2D eigenvalue weighted by Gasteiger charge is 2.28. The Morgan fingerprint density at radius 3 is 2.89 bits per heavy atom. The van der Waals surface area contributed by atoms with E-state index in [4.69, 9.17) is 9.84 Å². The fraction of sp³-hybridized carbons (Fsp3) is 0.929. The molecule has 1 heterocycles. The zero-order valence-corrected chi connectivity index (χ0v) is 12.2. The quantitative estimate of drug-likeness (QED) is 0.501. The zero-order chi connectivity index (χ0) is 14.1. The molecule has 0 saturated carbocycles. The SMILES string of the molecule is CCCN1CC(CC(=O)OC)CC(NCCCO)C1. The molecule has 0 aromatic heterocycles. The van der Waals surface area contributed by atoms with Gasteiger partial charge < -0.3 is 20.1 Å². The molecule has 5 nitrogen and oxygen atoms in total. The van der Waals surface area contributed by atoms with Crippen molar-refractivity contribution in [3.05, 3.63) is 0 Å². The maximum atomic E-state index is 11.4. The molecular formula is C14H28N2O3. The van der Waals surface area contributed by atoms with Crippen LogP contribution in [-0.4, -0.2) is 61.9 Å². The molecule has 19 heavy (non-hydrogen) atoms. The molecule has 112 valence electrons. The average Bonchev–Trinajstić information content (AvgIpc) is 2.39. The summed E-state index contributed by atoms with van der Waals surface area (Å²) in [7, 11) is 1.45. The van der Waals surface area contributed by atoms with Crippen LogP contribution in [0.25, 0.3) is 0 Å². The van der Waals surface area contributed by atoms with Gasteiger partial charge in [0.15, 0.2) is 0 Å². The molecular weight excluding hydrogens is 244 g/mol. The van der Waals surface area contributed by atoms with Gasteiger partial charge in [-0.2, -0.15) is 0 Å². The van der Waals surface area contributed by atoms with Crippen molar-refractivity contribution < 1.29 is 14.6 Å². The predicted octanol–water partition coefficient (Wildman–Crippen LogP) is 0.622. The van der Waals surface area contributed by atoms with Crippen molar-refractivity contribution in [2.75, 3.05) is 39.9 Å². The third-order valence-electron chi connectivity index (χ3n) is 3.60. The summed E-state index contributed by atoms with van der Waals surface area (Å²) in [5.41, 5.74) is 0. The van der Waals surface area contributed by atoms with Gasteiger partial charge in [0, 0.05) is 32.2 Å². The summed E-state index contributed by atoms with van der Waals surface area (Å²) in [6.45, 7) is 6.35. The molecule has 2 atom stereocenters. The number of nitrogens with one attached hydrogen (secondary N) is 1. The standard InChI is InChI=1S/C14H28N2O3/c1-3-6-16-10-12(9-14(18)19-2)8-13(11-16)15-5-4-7-17/h12-13,15,17H,3-11H2,1-2H3. The Hall–Kier alpha value is -0.650. The van der Waals surface area contributed by atoms with Gasteiger partial charge in [-0.05, 0) is 38.3 Å². The largest absolute Gasteiger partial charge is 0.469 e. The summed E-state index contributed by atoms with van der Waals surface area (Å²) in [4.78, 5) is 13.8. The lowest BCUT2D eigenvalue weighted by atomic mass is 9.91. The number of nitrogens with zero attached hydrogens (tertiary/aromatic N) is 1. The highest BCUT2D eigenvalue weighted by molar-refractivity contribution is 5.69. The molecule has 1 saturated heterocycles. The Kier molecular flexibility index (Phi) is 8.02. The minimum Gasteiger partial charge on any atom is -0.469 e. The van der Waals surface area contributed by atoms with E-state index in [0.717, 1.165) is 45.4 Å². The summed E-state index contributed by atoms with van der Waals surface area (Å²) in [6, 6.07) is 0.418. The Labute approximate surface area is 116 Å². The molecule has 1 aliphatic heterocycles. The lowest BCUT2D eigenvalue weighted by molar-refractivity contribution is -0.142. The lowest BCUT2D eigenvalue weighted by Gasteiger charge is -2.37. The van der Waals surface area contributed by atoms with Crippen LogP contribution in [0.2, 0.25) is 0 Å². The second-order valence-corrected chi connectivity index (χ2v) is 5.37. The summed E-state index contributed by atoms with van der Waals surface area (Å²) >= 11 is 0. The number of carbonyl (C=O) groups excluding carboxylic acids is 1. The van der Waals surface area contributed by atoms with Crippen molar-refractivity contribution in [3.8, 4) is 0 Å². The Morgan fingerprint density at radius 2 is 2.26 bits per heavy atom. The molecule has 0 aromatic rings. The number of likely N-dealkylation sites (tertiary alicyclic amines) is 1. The molecule has 0 spiro atoms. The number of methoxy groups -OCH3 is 1. The predicted molar refractivity (Wildman–Crippen MR) is 75.0 cm³/mol. The summed E-state index contributed by atoms with van der Waals surface area (Å²) in [5, 5.41) is 12.3. The van der Waals surface area contributed by atoms with Crippen LogP contribution in [-0.2, 0) is 9.53 Å². The Bertz CT molecular complexity index is 261. The first-order valence-corrected chi connectivity index (χ1v) is 7.33. The minimum atomic E-state index is -0.113. The van der Waals surface area contributed by atoms with E-state index in [1.165, 1.54) is 7.11 Å². The first-order valence-electron chi connectivity index (χ1n) is 7.33. The van der Waals surface area contributed by atoms with Crippen molar-refractivity contribution in [2.24, 2.45) is 5.92 Å². The van der Waals surface area contributed by atoms with Crippen molar-refractivity contribution in [2.45, 2.75) is 38.6 Å². The minimum absolute atomic E-state index is 0.113. The van der Waals surface area contributed by atoms with Gasteiger partial charge in [0.25, 0.3) is 0 Å². The lowest BCUT2D eigenvalue weighted by Crippen LogP contribution is -2.50. The van der Waals surface area contributed by atoms with Gasteiger partial charge in [0.1, 0.15) is 0 Å². The smallest absolute Gasteiger partial charge is 0.305 e. The van der Waals surface area contributed by atoms with Crippen LogP contribution in [0.15, 0.2) is 0 Å². The van der Waals surface area contributed by atoms with Crippen LogP contribution in [0.4, 0.5) is 0 Å². The van der Waals surface area contributed by atoms with Gasteiger partial charge in [0.05, 0.1) is 7.11 Å². The number of ether oxygens (including phenoxy) is 1. The van der Waals surface area contributed by atoms with Gasteiger partial charge in [-0.1, -0.05) is 6.92 Å². The average molecular weight is 272 g/mol. The van der Waals surface area contributed by atoms with E-state index in [1.54, 1.807) is 0 Å². The van der Waals surface area contributed by atoms with Gasteiger partial charge in [-0.15, -0.1) is 0 Å². The number of aliphatic hydroxyl groups excluding tert-OH is 1. The number of hydrogen-bond donors (Lipinski definition) is 2. The molecule has 1 fully saturated rings. The number of piperidine rings is 1. The van der Waals surface area contributed by atoms with Crippen LogP contribution in [0.5, 0.6) is 0 Å². The van der Waals surface area contributed by atoms with E-state index >= 15 is 0 Å². The Balaban J connectivity index is 2.44. The van der Waals surface area contributed by atoms with Crippen LogP contribution in [0.3, 0.4) is 0 Å². The molecule has 1 rings (SSSR count). The summed E-state index contributed by atoms with van der Waals surface area (Å²) in [6.07, 6.45) is 3.44. The van der Waals surface area contributed by atoms with Crippen LogP contribution in [0, 0.1) is 5.92 Å². The second-order valence-electron chi connectivity index (χ2n) is 5.37. The third-order valence-corrected chi connectivity index (χ3v) is 3.60. The zero-order valence-electron chi connectivity index (χ0n) is 12.2. The molecule has 2 N–H and O–H groups in total. The van der Waals surface area contributed by atoms with Gasteiger partial charge in [0.2, 0.25) is 0 Å². The maximum absolute atomic E-state index is 11.4. The highest BCUT2D eigenvalue weighted by atomic mass is 16.5. The number of aliphatic hydroxyl groups is 1. The molecule has 0 aromatic carbocycles. The highest BCUT2D eigenvalue weighted by Crippen LogP contribution is 2.20. The van der Waals surface area contributed by atoms with Crippen LogP contribution in [0.1, 0.15) is 32.6 Å². The molecule has 2 unspecified atom stereocenters. The molecule has 0 aliphatic carbocycles. The van der Waals surface area contributed by atoms with Crippen molar-refractivity contribution in [1.82, 2.24) is 10.2 Å². The van der Waals surface area contributed by atoms with E-state index in [9.17, 15) is 4.79 Å². The molecule has 0 bridgehead atoms. The third kappa shape index (κ3) is 6.36. The van der Waals surface area contributed by atoms with E-state index < -0.39 is 0 Å². The maximum Gasteiger partial charge on any atom is 0.305 e. The number of esters is 1. The fourth-order valence-corrected chi connectivity index (χ4v) is 2.80. The number of rotatable bonds is 8. The van der Waals surface area contributed by atoms with Gasteiger partial charge in [-0.25, -0.2) is 0 Å².